The van der Waals surface area contributed by atoms with E-state index in [0.717, 1.165) is 31.8 Å². The van der Waals surface area contributed by atoms with Crippen LogP contribution >= 0.6 is 0 Å². The van der Waals surface area contributed by atoms with Crippen LogP contribution in [0.4, 0.5) is 0 Å². The van der Waals surface area contributed by atoms with Crippen LogP contribution in [0.1, 0.15) is 39.0 Å². The van der Waals surface area contributed by atoms with Gasteiger partial charge in [0.25, 0.3) is 0 Å². The third kappa shape index (κ3) is 8.79. The fourth-order valence-corrected chi connectivity index (χ4v) is 3.14. The van der Waals surface area contributed by atoms with Crippen LogP contribution in [-0.2, 0) is 19.0 Å². The Hall–Kier alpha value is -1.73. The van der Waals surface area contributed by atoms with E-state index < -0.39 is 5.97 Å². The Balaban J connectivity index is 2.37. The van der Waals surface area contributed by atoms with Gasteiger partial charge in [-0.3, -0.25) is 10.1 Å². The van der Waals surface area contributed by atoms with Gasteiger partial charge < -0.3 is 14.2 Å². The zero-order valence-electron chi connectivity index (χ0n) is 15.1. The molecule has 142 valence electrons. The van der Waals surface area contributed by atoms with Crippen LogP contribution in [0.15, 0.2) is 24.8 Å². The molecule has 0 aromatic carbocycles. The number of nitrogens with zero attached hydrogens (tertiary/aromatic N) is 1. The van der Waals surface area contributed by atoms with Crippen molar-refractivity contribution in [2.24, 2.45) is 11.8 Å². The first-order valence-corrected chi connectivity index (χ1v) is 8.68. The lowest BCUT2D eigenvalue weighted by molar-refractivity contribution is -0.489. The number of hydrogen-bond acceptors (Lipinski definition) is 6. The van der Waals surface area contributed by atoms with Gasteiger partial charge in [-0.2, -0.15) is 0 Å². The smallest absolute Gasteiger partial charge is 0.330 e. The van der Waals surface area contributed by atoms with Gasteiger partial charge >= 0.3 is 5.97 Å². The normalized spacial score (nSPS) is 24.3. The lowest BCUT2D eigenvalue weighted by atomic mass is 9.95. The molecule has 0 aromatic rings. The number of ether oxygens (including phenoxy) is 3. The van der Waals surface area contributed by atoms with Crippen LogP contribution in [0.25, 0.3) is 0 Å². The SMILES string of the molecule is C=CC(=O)O[C@@H](C)CCC/C=C\[C@@H]1C[C@H](OCOC)C[C@H]1C[N+](=O)[O-]. The first kappa shape index (κ1) is 21.3. The highest BCUT2D eigenvalue weighted by molar-refractivity contribution is 5.81. The molecule has 25 heavy (non-hydrogen) atoms. The largest absolute Gasteiger partial charge is 0.460 e. The molecule has 4 atom stereocenters. The highest BCUT2D eigenvalue weighted by Crippen LogP contribution is 2.35. The quantitative estimate of drug-likeness (QED) is 0.102. The van der Waals surface area contributed by atoms with Crippen molar-refractivity contribution in [3.8, 4) is 0 Å². The third-order valence-electron chi connectivity index (χ3n) is 4.36. The summed E-state index contributed by atoms with van der Waals surface area (Å²) < 4.78 is 15.6. The van der Waals surface area contributed by atoms with E-state index in [1.54, 1.807) is 7.11 Å². The lowest BCUT2D eigenvalue weighted by Crippen LogP contribution is -2.17. The number of esters is 1. The molecule has 0 saturated heterocycles. The number of hydrogen-bond donors (Lipinski definition) is 0. The minimum atomic E-state index is -0.404. The van der Waals surface area contributed by atoms with Gasteiger partial charge in [0.15, 0.2) is 0 Å². The molecule has 1 saturated carbocycles. The summed E-state index contributed by atoms with van der Waals surface area (Å²) in [6.07, 6.45) is 9.15. The van der Waals surface area contributed by atoms with E-state index in [1.165, 1.54) is 0 Å². The van der Waals surface area contributed by atoms with Gasteiger partial charge in [0.1, 0.15) is 6.79 Å². The van der Waals surface area contributed by atoms with Crippen molar-refractivity contribution >= 4 is 5.97 Å². The molecule has 0 N–H and O–H groups in total. The van der Waals surface area contributed by atoms with Crippen molar-refractivity contribution in [3.05, 3.63) is 34.9 Å². The summed E-state index contributed by atoms with van der Waals surface area (Å²) in [4.78, 5) is 21.7. The van der Waals surface area contributed by atoms with Crippen molar-refractivity contribution < 1.29 is 23.9 Å². The summed E-state index contributed by atoms with van der Waals surface area (Å²) in [6.45, 7) is 5.41. The van der Waals surface area contributed by atoms with Gasteiger partial charge in [-0.1, -0.05) is 18.7 Å². The van der Waals surface area contributed by atoms with Crippen LogP contribution in [0, 0.1) is 22.0 Å². The molecule has 7 nitrogen and oxygen atoms in total. The predicted molar refractivity (Wildman–Crippen MR) is 93.6 cm³/mol. The molecule has 7 heteroatoms. The average Bonchev–Trinajstić information content (AvgIpc) is 2.93. The standard InChI is InChI=1S/C18H29NO6/c1-4-18(20)25-14(2)8-6-5-7-9-15-10-17(24-13-23-3)11-16(15)12-19(21)22/h4,7,9,14-17H,1,5-6,8,10-13H2,2-3H3/b9-7-/t14-,15+,16-,17-/m0/s1. The van der Waals surface area contributed by atoms with E-state index in [2.05, 4.69) is 18.7 Å². The minimum Gasteiger partial charge on any atom is -0.460 e. The molecular weight excluding hydrogens is 326 g/mol. The Bertz CT molecular complexity index is 464. The van der Waals surface area contributed by atoms with Gasteiger partial charge in [-0.05, 0) is 44.9 Å². The number of unbranched alkanes of at least 4 members (excludes halogenated alkanes) is 1. The zero-order chi connectivity index (χ0) is 18.7. The second-order valence-electron chi connectivity index (χ2n) is 6.42. The summed E-state index contributed by atoms with van der Waals surface area (Å²) in [6, 6.07) is 0. The van der Waals surface area contributed by atoms with Gasteiger partial charge in [0, 0.05) is 24.0 Å². The lowest BCUT2D eigenvalue weighted by Gasteiger charge is -2.12. The third-order valence-corrected chi connectivity index (χ3v) is 4.36. The maximum atomic E-state index is 11.1. The van der Waals surface area contributed by atoms with E-state index in [-0.39, 0.29) is 42.3 Å². The molecule has 1 rings (SSSR count). The minimum absolute atomic E-state index is 0.000533. The Morgan fingerprint density at radius 1 is 1.44 bits per heavy atom. The van der Waals surface area contributed by atoms with Crippen LogP contribution < -0.4 is 0 Å². The highest BCUT2D eigenvalue weighted by atomic mass is 16.7. The second kappa shape index (κ2) is 11.8. The first-order chi connectivity index (χ1) is 12.0. The van der Waals surface area contributed by atoms with Crippen molar-refractivity contribution in [2.45, 2.75) is 51.2 Å². The van der Waals surface area contributed by atoms with E-state index >= 15 is 0 Å². The van der Waals surface area contributed by atoms with E-state index in [0.29, 0.717) is 6.42 Å². The first-order valence-electron chi connectivity index (χ1n) is 8.68. The van der Waals surface area contributed by atoms with Crippen LogP contribution in [0.2, 0.25) is 0 Å². The fraction of sp³-hybridized carbons (Fsp3) is 0.722. The Kier molecular flexibility index (Phi) is 10.0. The van der Waals surface area contributed by atoms with Crippen LogP contribution in [-0.4, -0.2) is 43.5 Å². The summed E-state index contributed by atoms with van der Waals surface area (Å²) in [7, 11) is 1.56. The maximum absolute atomic E-state index is 11.1. The van der Waals surface area contributed by atoms with Gasteiger partial charge in [-0.25, -0.2) is 4.79 Å². The molecule has 1 aliphatic carbocycles. The van der Waals surface area contributed by atoms with Crippen molar-refractivity contribution in [1.82, 2.24) is 0 Å². The van der Waals surface area contributed by atoms with E-state index in [9.17, 15) is 14.9 Å². The number of rotatable bonds is 12. The summed E-state index contributed by atoms with van der Waals surface area (Å²) >= 11 is 0. The van der Waals surface area contributed by atoms with Gasteiger partial charge in [0.2, 0.25) is 6.54 Å². The molecular formula is C18H29NO6. The fourth-order valence-electron chi connectivity index (χ4n) is 3.14. The molecule has 0 amide bonds. The summed E-state index contributed by atoms with van der Waals surface area (Å²) in [5.74, 6) is -0.248. The number of allylic oxidation sites excluding steroid dienone is 2. The molecule has 1 aliphatic rings. The van der Waals surface area contributed by atoms with Crippen molar-refractivity contribution in [2.75, 3.05) is 20.4 Å². The van der Waals surface area contributed by atoms with Crippen molar-refractivity contribution in [3.63, 3.8) is 0 Å². The molecule has 0 bridgehead atoms. The molecule has 0 unspecified atom stereocenters. The number of methoxy groups -OCH3 is 1. The summed E-state index contributed by atoms with van der Waals surface area (Å²) in [5, 5.41) is 10.9. The van der Waals surface area contributed by atoms with E-state index in [4.69, 9.17) is 14.2 Å². The van der Waals surface area contributed by atoms with Crippen molar-refractivity contribution in [1.29, 1.82) is 0 Å². The van der Waals surface area contributed by atoms with Gasteiger partial charge in [0.05, 0.1) is 12.2 Å². The average molecular weight is 355 g/mol. The second-order valence-corrected chi connectivity index (χ2v) is 6.42. The summed E-state index contributed by atoms with van der Waals surface area (Å²) in [5.41, 5.74) is 0. The monoisotopic (exact) mass is 355 g/mol. The van der Waals surface area contributed by atoms with Gasteiger partial charge in [-0.15, -0.1) is 0 Å². The zero-order valence-corrected chi connectivity index (χ0v) is 15.1. The Morgan fingerprint density at radius 3 is 2.84 bits per heavy atom. The maximum Gasteiger partial charge on any atom is 0.330 e. The molecule has 1 fully saturated rings. The Morgan fingerprint density at radius 2 is 2.20 bits per heavy atom. The number of carbonyl (C=O) groups excluding carboxylic acids is 1. The molecule has 0 heterocycles. The van der Waals surface area contributed by atoms with E-state index in [1.807, 2.05) is 6.92 Å². The molecule has 0 aliphatic heterocycles. The molecule has 0 radical (unpaired) electrons. The topological polar surface area (TPSA) is 87.9 Å². The number of carbonyl (C=O) groups is 1. The predicted octanol–water partition coefficient (Wildman–Crippen LogP) is 3.12. The molecule has 0 spiro atoms. The highest BCUT2D eigenvalue weighted by Gasteiger charge is 2.36. The molecule has 0 aromatic heterocycles. The van der Waals surface area contributed by atoms with Crippen LogP contribution in [0.3, 0.4) is 0 Å². The Labute approximate surface area is 149 Å². The van der Waals surface area contributed by atoms with Crippen LogP contribution in [0.5, 0.6) is 0 Å². The number of nitro groups is 1.